The number of carbonyl (C=O) groups excluding carboxylic acids is 1. The van der Waals surface area contributed by atoms with Crippen LogP contribution in [0.25, 0.3) is 0 Å². The maximum atomic E-state index is 12.5. The normalized spacial score (nSPS) is 19.3. The number of benzene rings is 1. The van der Waals surface area contributed by atoms with Crippen LogP contribution in [0.1, 0.15) is 15.9 Å². The van der Waals surface area contributed by atoms with Gasteiger partial charge in [-0.25, -0.2) is 4.79 Å². The van der Waals surface area contributed by atoms with Gasteiger partial charge < -0.3 is 15.3 Å². The molecule has 0 radical (unpaired) electrons. The summed E-state index contributed by atoms with van der Waals surface area (Å²) >= 11 is 6.00. The van der Waals surface area contributed by atoms with Crippen LogP contribution >= 0.6 is 11.6 Å². The van der Waals surface area contributed by atoms with Gasteiger partial charge in [-0.05, 0) is 24.6 Å². The Hall–Kier alpha value is -1.59. The van der Waals surface area contributed by atoms with Gasteiger partial charge in [0.2, 0.25) is 0 Å². The number of carboxylic acids is 1. The molecule has 0 spiro atoms. The number of hydrogen-bond acceptors (Lipinski definition) is 3. The van der Waals surface area contributed by atoms with Crippen LogP contribution in [-0.2, 0) is 4.79 Å². The van der Waals surface area contributed by atoms with E-state index in [1.54, 1.807) is 25.1 Å². The van der Waals surface area contributed by atoms with E-state index in [1.807, 2.05) is 0 Å². The molecule has 102 valence electrons. The van der Waals surface area contributed by atoms with Crippen LogP contribution in [-0.4, -0.2) is 47.6 Å². The highest BCUT2D eigenvalue weighted by molar-refractivity contribution is 6.31. The van der Waals surface area contributed by atoms with Crippen molar-refractivity contribution in [3.8, 4) is 0 Å². The van der Waals surface area contributed by atoms with E-state index in [0.717, 1.165) is 0 Å². The third kappa shape index (κ3) is 2.72. The smallest absolute Gasteiger partial charge is 0.327 e. The Morgan fingerprint density at radius 2 is 2.21 bits per heavy atom. The van der Waals surface area contributed by atoms with E-state index in [9.17, 15) is 9.59 Å². The van der Waals surface area contributed by atoms with Crippen LogP contribution in [0.4, 0.5) is 0 Å². The molecule has 1 saturated heterocycles. The summed E-state index contributed by atoms with van der Waals surface area (Å²) in [6, 6.07) is 4.24. The van der Waals surface area contributed by atoms with E-state index in [4.69, 9.17) is 16.7 Å². The lowest BCUT2D eigenvalue weighted by atomic mass is 10.1. The molecule has 6 heteroatoms. The number of nitrogens with one attached hydrogen (secondary N) is 1. The largest absolute Gasteiger partial charge is 0.480 e. The third-order valence-corrected chi connectivity index (χ3v) is 3.70. The van der Waals surface area contributed by atoms with Gasteiger partial charge in [0.1, 0.15) is 6.04 Å². The quantitative estimate of drug-likeness (QED) is 0.854. The van der Waals surface area contributed by atoms with E-state index in [0.29, 0.717) is 29.2 Å². The molecule has 0 bridgehead atoms. The zero-order valence-electron chi connectivity index (χ0n) is 10.5. The molecule has 1 unspecified atom stereocenters. The summed E-state index contributed by atoms with van der Waals surface area (Å²) < 4.78 is 0. The molecule has 0 aliphatic carbocycles. The molecule has 5 nitrogen and oxygen atoms in total. The van der Waals surface area contributed by atoms with Crippen molar-refractivity contribution in [1.29, 1.82) is 0 Å². The Morgan fingerprint density at radius 3 is 2.89 bits per heavy atom. The Labute approximate surface area is 116 Å². The lowest BCUT2D eigenvalue weighted by Gasteiger charge is -2.33. The maximum absolute atomic E-state index is 12.5. The van der Waals surface area contributed by atoms with Crippen molar-refractivity contribution >= 4 is 23.5 Å². The second-order valence-corrected chi connectivity index (χ2v) is 4.88. The Balaban J connectivity index is 2.31. The maximum Gasteiger partial charge on any atom is 0.327 e. The van der Waals surface area contributed by atoms with Crippen LogP contribution in [0.3, 0.4) is 0 Å². The van der Waals surface area contributed by atoms with Crippen LogP contribution in [0.5, 0.6) is 0 Å². The summed E-state index contributed by atoms with van der Waals surface area (Å²) in [5, 5.41) is 12.7. The predicted octanol–water partition coefficient (Wildman–Crippen LogP) is 1.15. The molecule has 1 heterocycles. The number of halogens is 1. The molecule has 1 amide bonds. The molecule has 1 aromatic carbocycles. The van der Waals surface area contributed by atoms with Gasteiger partial charge in [0.25, 0.3) is 5.91 Å². The van der Waals surface area contributed by atoms with E-state index < -0.39 is 12.0 Å². The van der Waals surface area contributed by atoms with Crippen molar-refractivity contribution < 1.29 is 14.7 Å². The van der Waals surface area contributed by atoms with Gasteiger partial charge >= 0.3 is 5.97 Å². The van der Waals surface area contributed by atoms with Crippen molar-refractivity contribution in [3.05, 3.63) is 34.3 Å². The first-order valence-electron chi connectivity index (χ1n) is 6.02. The van der Waals surface area contributed by atoms with Gasteiger partial charge in [0.15, 0.2) is 0 Å². The molecule has 1 aliphatic heterocycles. The number of amides is 1. The predicted molar refractivity (Wildman–Crippen MR) is 71.5 cm³/mol. The van der Waals surface area contributed by atoms with Crippen LogP contribution in [0, 0.1) is 6.92 Å². The van der Waals surface area contributed by atoms with Crippen LogP contribution in [0.15, 0.2) is 18.2 Å². The molecule has 1 aromatic rings. The van der Waals surface area contributed by atoms with Gasteiger partial charge in [0.05, 0.1) is 0 Å². The average Bonchev–Trinajstić information content (AvgIpc) is 2.41. The number of hydrogen-bond donors (Lipinski definition) is 2. The van der Waals surface area contributed by atoms with E-state index in [1.165, 1.54) is 4.90 Å². The van der Waals surface area contributed by atoms with E-state index in [2.05, 4.69) is 5.32 Å². The molecule has 1 fully saturated rings. The minimum absolute atomic E-state index is 0.265. The van der Waals surface area contributed by atoms with E-state index in [-0.39, 0.29) is 12.5 Å². The Bertz CT molecular complexity index is 519. The summed E-state index contributed by atoms with van der Waals surface area (Å²) in [5.74, 6) is -1.28. The Morgan fingerprint density at radius 1 is 1.47 bits per heavy atom. The second-order valence-electron chi connectivity index (χ2n) is 4.47. The molecular formula is C13H15ClN2O3. The minimum Gasteiger partial charge on any atom is -0.480 e. The first kappa shape index (κ1) is 13.8. The molecule has 0 saturated carbocycles. The fraction of sp³-hybridized carbons (Fsp3) is 0.385. The van der Waals surface area contributed by atoms with Gasteiger partial charge in [0, 0.05) is 30.2 Å². The van der Waals surface area contributed by atoms with Crippen molar-refractivity contribution in [2.24, 2.45) is 0 Å². The molecule has 1 aliphatic rings. The number of piperazine rings is 1. The first-order chi connectivity index (χ1) is 9.02. The standard InChI is InChI=1S/C13H15ClN2O3/c1-8-9(3-2-4-10(8)14)12(17)16-6-5-15-7-11(16)13(18)19/h2-4,11,15H,5-7H2,1H3,(H,18,19). The summed E-state index contributed by atoms with van der Waals surface area (Å²) in [5.41, 5.74) is 1.14. The van der Waals surface area contributed by atoms with Gasteiger partial charge in [-0.1, -0.05) is 17.7 Å². The van der Waals surface area contributed by atoms with Gasteiger partial charge in [-0.3, -0.25) is 4.79 Å². The summed E-state index contributed by atoms with van der Waals surface area (Å²) in [6.07, 6.45) is 0. The highest BCUT2D eigenvalue weighted by atomic mass is 35.5. The molecule has 1 atom stereocenters. The molecular weight excluding hydrogens is 268 g/mol. The zero-order valence-corrected chi connectivity index (χ0v) is 11.3. The summed E-state index contributed by atoms with van der Waals surface area (Å²) in [4.78, 5) is 25.0. The molecule has 19 heavy (non-hydrogen) atoms. The van der Waals surface area contributed by atoms with Crippen molar-refractivity contribution in [2.45, 2.75) is 13.0 Å². The number of rotatable bonds is 2. The first-order valence-corrected chi connectivity index (χ1v) is 6.39. The molecule has 2 N–H and O–H groups in total. The highest BCUT2D eigenvalue weighted by Gasteiger charge is 2.33. The topological polar surface area (TPSA) is 69.6 Å². The minimum atomic E-state index is -1.000. The number of aliphatic carboxylic acids is 1. The van der Waals surface area contributed by atoms with Crippen LogP contribution < -0.4 is 5.32 Å². The number of carbonyl (C=O) groups is 2. The van der Waals surface area contributed by atoms with Crippen molar-refractivity contribution in [1.82, 2.24) is 10.2 Å². The average molecular weight is 283 g/mol. The highest BCUT2D eigenvalue weighted by Crippen LogP contribution is 2.21. The lowest BCUT2D eigenvalue weighted by molar-refractivity contribution is -0.142. The fourth-order valence-electron chi connectivity index (χ4n) is 2.16. The van der Waals surface area contributed by atoms with E-state index >= 15 is 0 Å². The zero-order chi connectivity index (χ0) is 14.0. The SMILES string of the molecule is Cc1c(Cl)cccc1C(=O)N1CCNCC1C(=O)O. The second kappa shape index (κ2) is 5.59. The van der Waals surface area contributed by atoms with Gasteiger partial charge in [-0.15, -0.1) is 0 Å². The van der Waals surface area contributed by atoms with Crippen LogP contribution in [0.2, 0.25) is 5.02 Å². The summed E-state index contributed by atoms with van der Waals surface area (Å²) in [7, 11) is 0. The monoisotopic (exact) mass is 282 g/mol. The van der Waals surface area contributed by atoms with Gasteiger partial charge in [-0.2, -0.15) is 0 Å². The molecule has 0 aromatic heterocycles. The molecule has 2 rings (SSSR count). The number of nitrogens with zero attached hydrogens (tertiary/aromatic N) is 1. The van der Waals surface area contributed by atoms with Crippen molar-refractivity contribution in [3.63, 3.8) is 0 Å². The summed E-state index contributed by atoms with van der Waals surface area (Å²) in [6.45, 7) is 2.99. The van der Waals surface area contributed by atoms with Crippen molar-refractivity contribution in [2.75, 3.05) is 19.6 Å². The number of carboxylic acid groups (broad SMARTS) is 1. The fourth-order valence-corrected chi connectivity index (χ4v) is 2.34. The third-order valence-electron chi connectivity index (χ3n) is 3.29. The lowest BCUT2D eigenvalue weighted by Crippen LogP contribution is -2.57. The Kier molecular flexibility index (Phi) is 4.07.